The van der Waals surface area contributed by atoms with Gasteiger partial charge in [0, 0.05) is 18.2 Å². The van der Waals surface area contributed by atoms with E-state index in [1.165, 1.54) is 6.07 Å². The molecule has 0 aliphatic rings. The van der Waals surface area contributed by atoms with Gasteiger partial charge in [0.1, 0.15) is 11.6 Å². The van der Waals surface area contributed by atoms with Gasteiger partial charge in [0.25, 0.3) is 0 Å². The summed E-state index contributed by atoms with van der Waals surface area (Å²) in [4.78, 5) is 0. The summed E-state index contributed by atoms with van der Waals surface area (Å²) in [6.07, 6.45) is 0. The number of nitrogens with zero attached hydrogens (tertiary/aromatic N) is 2. The van der Waals surface area contributed by atoms with Crippen LogP contribution in [0, 0.1) is 12.7 Å². The molecule has 2 rings (SSSR count). The minimum Gasteiger partial charge on any atom is -0.382 e. The Bertz CT molecular complexity index is 548. The zero-order valence-corrected chi connectivity index (χ0v) is 9.72. The molecule has 0 unspecified atom stereocenters. The summed E-state index contributed by atoms with van der Waals surface area (Å²) in [5, 5.41) is 4.19. The Labute approximate surface area is 97.6 Å². The van der Waals surface area contributed by atoms with Crippen molar-refractivity contribution in [1.29, 1.82) is 0 Å². The first kappa shape index (κ1) is 11.0. The minimum absolute atomic E-state index is 0.0941. The molecular weight excluding hydrogens is 229 g/mol. The first-order valence-corrected chi connectivity index (χ1v) is 5.13. The molecule has 1 aromatic heterocycles. The van der Waals surface area contributed by atoms with Crippen molar-refractivity contribution in [2.45, 2.75) is 6.92 Å². The quantitative estimate of drug-likeness (QED) is 0.832. The second-order valence-electron chi connectivity index (χ2n) is 3.61. The summed E-state index contributed by atoms with van der Waals surface area (Å²) in [7, 11) is 1.79. The van der Waals surface area contributed by atoms with Crippen LogP contribution in [0.1, 0.15) is 5.56 Å². The van der Waals surface area contributed by atoms with Crippen molar-refractivity contribution in [3.8, 4) is 11.3 Å². The Morgan fingerprint density at radius 1 is 1.44 bits per heavy atom. The fourth-order valence-corrected chi connectivity index (χ4v) is 1.88. The Kier molecular flexibility index (Phi) is 2.59. The van der Waals surface area contributed by atoms with E-state index in [4.69, 9.17) is 17.3 Å². The highest BCUT2D eigenvalue weighted by molar-refractivity contribution is 6.31. The molecule has 16 heavy (non-hydrogen) atoms. The van der Waals surface area contributed by atoms with Crippen LogP contribution in [0.4, 0.5) is 10.2 Å². The number of hydrogen-bond acceptors (Lipinski definition) is 2. The fraction of sp³-hybridized carbons (Fsp3) is 0.182. The second-order valence-corrected chi connectivity index (χ2v) is 4.02. The molecule has 2 aromatic rings. The van der Waals surface area contributed by atoms with E-state index in [1.807, 2.05) is 6.92 Å². The van der Waals surface area contributed by atoms with Crippen LogP contribution in [0.25, 0.3) is 11.3 Å². The van der Waals surface area contributed by atoms with Crippen LogP contribution in [-0.4, -0.2) is 9.78 Å². The number of nitrogen functional groups attached to an aromatic ring is 1. The average molecular weight is 240 g/mol. The summed E-state index contributed by atoms with van der Waals surface area (Å²) < 4.78 is 14.7. The number of hydrogen-bond donors (Lipinski definition) is 1. The minimum atomic E-state index is -0.432. The van der Waals surface area contributed by atoms with E-state index in [0.717, 1.165) is 16.8 Å². The smallest absolute Gasteiger partial charge is 0.148 e. The first-order valence-electron chi connectivity index (χ1n) is 4.75. The van der Waals surface area contributed by atoms with Crippen LogP contribution in [0.5, 0.6) is 0 Å². The van der Waals surface area contributed by atoms with Gasteiger partial charge < -0.3 is 5.73 Å². The lowest BCUT2D eigenvalue weighted by Gasteiger charge is -2.04. The predicted octanol–water partition coefficient (Wildman–Crippen LogP) is 2.77. The van der Waals surface area contributed by atoms with Gasteiger partial charge in [-0.05, 0) is 25.1 Å². The molecule has 5 heteroatoms. The summed E-state index contributed by atoms with van der Waals surface area (Å²) in [5.41, 5.74) is 8.22. The van der Waals surface area contributed by atoms with E-state index in [0.29, 0.717) is 5.82 Å². The molecule has 1 heterocycles. The third-order valence-corrected chi connectivity index (χ3v) is 2.80. The summed E-state index contributed by atoms with van der Waals surface area (Å²) in [6, 6.07) is 4.56. The number of rotatable bonds is 1. The lowest BCUT2D eigenvalue weighted by molar-refractivity contribution is 0.628. The van der Waals surface area contributed by atoms with Crippen LogP contribution in [0.15, 0.2) is 18.2 Å². The first-order chi connectivity index (χ1) is 7.50. The summed E-state index contributed by atoms with van der Waals surface area (Å²) >= 11 is 5.74. The van der Waals surface area contributed by atoms with Gasteiger partial charge in [-0.1, -0.05) is 11.6 Å². The third-order valence-electron chi connectivity index (χ3n) is 2.51. The van der Waals surface area contributed by atoms with Crippen LogP contribution in [0.2, 0.25) is 5.02 Å². The Balaban J connectivity index is 2.63. The zero-order chi connectivity index (χ0) is 11.9. The molecule has 0 amide bonds. The normalized spacial score (nSPS) is 10.8. The predicted molar refractivity (Wildman–Crippen MR) is 62.8 cm³/mol. The fourth-order valence-electron chi connectivity index (χ4n) is 1.70. The van der Waals surface area contributed by atoms with Gasteiger partial charge in [-0.25, -0.2) is 4.39 Å². The van der Waals surface area contributed by atoms with Crippen LogP contribution < -0.4 is 5.73 Å². The molecule has 0 saturated heterocycles. The molecule has 1 aromatic carbocycles. The standard InChI is InChI=1S/C11H11ClFN3/c1-6-10(16(2)15-11(6)14)7-3-4-9(13)8(12)5-7/h3-5H,1-2H3,(H2,14,15). The molecule has 3 nitrogen and oxygen atoms in total. The lowest BCUT2D eigenvalue weighted by atomic mass is 10.1. The van der Waals surface area contributed by atoms with Crippen LogP contribution in [0.3, 0.4) is 0 Å². The van der Waals surface area contributed by atoms with Crippen LogP contribution >= 0.6 is 11.6 Å². The highest BCUT2D eigenvalue weighted by Crippen LogP contribution is 2.29. The molecular formula is C11H11ClFN3. The van der Waals surface area contributed by atoms with Gasteiger partial charge in [0.05, 0.1) is 10.7 Å². The number of halogens is 2. The number of anilines is 1. The van der Waals surface area contributed by atoms with E-state index in [2.05, 4.69) is 5.10 Å². The molecule has 0 aliphatic carbocycles. The van der Waals surface area contributed by atoms with Crippen molar-refractivity contribution in [2.24, 2.45) is 7.05 Å². The van der Waals surface area contributed by atoms with E-state index in [9.17, 15) is 4.39 Å². The van der Waals surface area contributed by atoms with Crippen molar-refractivity contribution in [3.63, 3.8) is 0 Å². The molecule has 0 saturated carbocycles. The largest absolute Gasteiger partial charge is 0.382 e. The molecule has 0 fully saturated rings. The van der Waals surface area contributed by atoms with Crippen molar-refractivity contribution in [2.75, 3.05) is 5.73 Å². The molecule has 0 spiro atoms. The number of nitrogens with two attached hydrogens (primary N) is 1. The Morgan fingerprint density at radius 2 is 2.12 bits per heavy atom. The third kappa shape index (κ3) is 1.65. The zero-order valence-electron chi connectivity index (χ0n) is 8.96. The number of aryl methyl sites for hydroxylation is 1. The summed E-state index contributed by atoms with van der Waals surface area (Å²) in [6.45, 7) is 1.87. The van der Waals surface area contributed by atoms with E-state index < -0.39 is 5.82 Å². The van der Waals surface area contributed by atoms with E-state index in [1.54, 1.807) is 23.9 Å². The number of aromatic nitrogens is 2. The SMILES string of the molecule is Cc1c(N)nn(C)c1-c1ccc(F)c(Cl)c1. The molecule has 2 N–H and O–H groups in total. The van der Waals surface area contributed by atoms with E-state index >= 15 is 0 Å². The van der Waals surface area contributed by atoms with Crippen molar-refractivity contribution < 1.29 is 4.39 Å². The maximum absolute atomic E-state index is 13.0. The maximum atomic E-state index is 13.0. The van der Waals surface area contributed by atoms with Gasteiger partial charge in [-0.3, -0.25) is 4.68 Å². The highest BCUT2D eigenvalue weighted by atomic mass is 35.5. The van der Waals surface area contributed by atoms with Gasteiger partial charge in [-0.15, -0.1) is 0 Å². The van der Waals surface area contributed by atoms with Crippen molar-refractivity contribution >= 4 is 17.4 Å². The van der Waals surface area contributed by atoms with Gasteiger partial charge in [-0.2, -0.15) is 5.10 Å². The van der Waals surface area contributed by atoms with Crippen LogP contribution in [-0.2, 0) is 7.05 Å². The van der Waals surface area contributed by atoms with Crippen molar-refractivity contribution in [1.82, 2.24) is 9.78 Å². The monoisotopic (exact) mass is 239 g/mol. The molecule has 0 bridgehead atoms. The molecule has 0 radical (unpaired) electrons. The van der Waals surface area contributed by atoms with E-state index in [-0.39, 0.29) is 5.02 Å². The summed E-state index contributed by atoms with van der Waals surface area (Å²) in [5.74, 6) is 0.0381. The molecule has 0 aliphatic heterocycles. The lowest BCUT2D eigenvalue weighted by Crippen LogP contribution is -1.95. The van der Waals surface area contributed by atoms with Gasteiger partial charge >= 0.3 is 0 Å². The second kappa shape index (κ2) is 3.79. The highest BCUT2D eigenvalue weighted by Gasteiger charge is 2.13. The van der Waals surface area contributed by atoms with Gasteiger partial charge in [0.2, 0.25) is 0 Å². The van der Waals surface area contributed by atoms with Crippen molar-refractivity contribution in [3.05, 3.63) is 34.6 Å². The molecule has 84 valence electrons. The number of benzene rings is 1. The topological polar surface area (TPSA) is 43.8 Å². The molecule has 0 atom stereocenters. The Hall–Kier alpha value is -1.55. The Morgan fingerprint density at radius 3 is 2.62 bits per heavy atom. The van der Waals surface area contributed by atoms with Gasteiger partial charge in [0.15, 0.2) is 0 Å². The maximum Gasteiger partial charge on any atom is 0.148 e. The average Bonchev–Trinajstić information content (AvgIpc) is 2.47.